The van der Waals surface area contributed by atoms with Crippen molar-refractivity contribution in [3.8, 4) is 0 Å². The number of unbranched alkanes of at least 4 members (excludes halogenated alkanes) is 1. The molecule has 0 fully saturated rings. The first-order valence-electron chi connectivity index (χ1n) is 11.0. The second kappa shape index (κ2) is 12.2. The molecule has 0 aliphatic heterocycles. The molecule has 34 heavy (non-hydrogen) atoms. The summed E-state index contributed by atoms with van der Waals surface area (Å²) < 4.78 is 39.4. The quantitative estimate of drug-likeness (QED) is 0.464. The summed E-state index contributed by atoms with van der Waals surface area (Å²) in [6.45, 7) is 5.31. The Morgan fingerprint density at radius 3 is 2.35 bits per heavy atom. The molecule has 0 radical (unpaired) electrons. The molecule has 0 saturated carbocycles. The second-order valence-electron chi connectivity index (χ2n) is 8.17. The number of aryl methyl sites for hydroxylation is 1. The Hall–Kier alpha value is -2.65. The van der Waals surface area contributed by atoms with E-state index in [0.717, 1.165) is 29.0 Å². The van der Waals surface area contributed by atoms with Crippen molar-refractivity contribution in [2.75, 3.05) is 23.7 Å². The molecule has 2 aromatic rings. The van der Waals surface area contributed by atoms with E-state index in [4.69, 9.17) is 11.6 Å². The number of hydrogen-bond donors (Lipinski definition) is 1. The number of nitrogens with zero attached hydrogens (tertiary/aromatic N) is 2. The highest BCUT2D eigenvalue weighted by atomic mass is 35.5. The van der Waals surface area contributed by atoms with Crippen molar-refractivity contribution >= 4 is 39.1 Å². The maximum absolute atomic E-state index is 13.4. The van der Waals surface area contributed by atoms with Gasteiger partial charge in [-0.1, -0.05) is 43.1 Å². The van der Waals surface area contributed by atoms with E-state index in [2.05, 4.69) is 5.32 Å². The number of hydrogen-bond acceptors (Lipinski definition) is 4. The van der Waals surface area contributed by atoms with Gasteiger partial charge >= 0.3 is 0 Å². The summed E-state index contributed by atoms with van der Waals surface area (Å²) in [6.07, 6.45) is 2.69. The predicted molar refractivity (Wildman–Crippen MR) is 133 cm³/mol. The molecule has 7 nitrogen and oxygen atoms in total. The Morgan fingerprint density at radius 1 is 1.15 bits per heavy atom. The number of sulfonamides is 1. The summed E-state index contributed by atoms with van der Waals surface area (Å²) in [7, 11) is -3.84. The van der Waals surface area contributed by atoms with Crippen molar-refractivity contribution in [1.29, 1.82) is 0 Å². The lowest BCUT2D eigenvalue weighted by molar-refractivity contribution is -0.139. The number of carbonyl (C=O) groups excluding carboxylic acids is 2. The van der Waals surface area contributed by atoms with Gasteiger partial charge in [0, 0.05) is 18.1 Å². The van der Waals surface area contributed by atoms with E-state index in [-0.39, 0.29) is 18.1 Å². The lowest BCUT2D eigenvalue weighted by Gasteiger charge is -2.31. The molecule has 0 aliphatic rings. The first-order chi connectivity index (χ1) is 15.9. The zero-order chi connectivity index (χ0) is 25.5. The minimum Gasteiger partial charge on any atom is -0.354 e. The van der Waals surface area contributed by atoms with Gasteiger partial charge in [0.2, 0.25) is 21.8 Å². The van der Waals surface area contributed by atoms with Gasteiger partial charge in [0.15, 0.2) is 0 Å². The summed E-state index contributed by atoms with van der Waals surface area (Å²) in [5.41, 5.74) is 1.61. The highest BCUT2D eigenvalue weighted by Gasteiger charge is 2.30. The molecule has 0 saturated heterocycles. The predicted octanol–water partition coefficient (Wildman–Crippen LogP) is 3.89. The fraction of sp³-hybridized carbons (Fsp3) is 0.417. The van der Waals surface area contributed by atoms with Crippen LogP contribution in [0.3, 0.4) is 0 Å². The first-order valence-corrected chi connectivity index (χ1v) is 13.2. The van der Waals surface area contributed by atoms with Crippen LogP contribution in [0.25, 0.3) is 0 Å². The van der Waals surface area contributed by atoms with E-state index in [1.165, 1.54) is 35.2 Å². The second-order valence-corrected chi connectivity index (χ2v) is 10.5. The van der Waals surface area contributed by atoms with E-state index in [1.54, 1.807) is 26.0 Å². The molecule has 186 valence electrons. The van der Waals surface area contributed by atoms with E-state index in [1.807, 2.05) is 6.92 Å². The summed E-state index contributed by atoms with van der Waals surface area (Å²) in [6, 6.07) is 9.41. The molecule has 0 aromatic heterocycles. The number of rotatable bonds is 11. The number of carbonyl (C=O) groups is 2. The van der Waals surface area contributed by atoms with E-state index < -0.39 is 34.3 Å². The third-order valence-electron chi connectivity index (χ3n) is 5.39. The Balaban J connectivity index is 2.35. The van der Waals surface area contributed by atoms with Crippen molar-refractivity contribution < 1.29 is 22.4 Å². The van der Waals surface area contributed by atoms with Gasteiger partial charge in [-0.3, -0.25) is 13.9 Å². The SMILES string of the molecule is CCCCNC(=O)C(C)N(Cc1ccc(F)cc1)C(=O)CN(c1ccc(C)c(Cl)c1)S(C)(=O)=O. The van der Waals surface area contributed by atoms with Crippen LogP contribution in [0.4, 0.5) is 10.1 Å². The molecule has 1 atom stereocenters. The zero-order valence-electron chi connectivity index (χ0n) is 19.8. The molecule has 2 aromatic carbocycles. The highest BCUT2D eigenvalue weighted by Crippen LogP contribution is 2.25. The Kier molecular flexibility index (Phi) is 9.88. The van der Waals surface area contributed by atoms with Gasteiger partial charge in [0.1, 0.15) is 18.4 Å². The van der Waals surface area contributed by atoms with E-state index >= 15 is 0 Å². The maximum Gasteiger partial charge on any atom is 0.244 e. The van der Waals surface area contributed by atoms with E-state index in [9.17, 15) is 22.4 Å². The first kappa shape index (κ1) is 27.6. The van der Waals surface area contributed by atoms with Gasteiger partial charge < -0.3 is 10.2 Å². The minimum absolute atomic E-state index is 0.00767. The Morgan fingerprint density at radius 2 is 1.79 bits per heavy atom. The minimum atomic E-state index is -3.84. The van der Waals surface area contributed by atoms with Crippen molar-refractivity contribution in [3.05, 3.63) is 64.4 Å². The zero-order valence-corrected chi connectivity index (χ0v) is 21.4. The van der Waals surface area contributed by atoms with Gasteiger partial charge in [-0.05, 0) is 55.7 Å². The van der Waals surface area contributed by atoms with Crippen LogP contribution >= 0.6 is 11.6 Å². The number of benzene rings is 2. The van der Waals surface area contributed by atoms with Crippen molar-refractivity contribution in [3.63, 3.8) is 0 Å². The van der Waals surface area contributed by atoms with Gasteiger partial charge in [0.25, 0.3) is 0 Å². The summed E-state index contributed by atoms with van der Waals surface area (Å²) in [5, 5.41) is 3.17. The maximum atomic E-state index is 13.4. The largest absolute Gasteiger partial charge is 0.354 e. The number of anilines is 1. The van der Waals surface area contributed by atoms with Crippen LogP contribution in [0.2, 0.25) is 5.02 Å². The molecule has 1 unspecified atom stereocenters. The van der Waals surface area contributed by atoms with Crippen molar-refractivity contribution in [1.82, 2.24) is 10.2 Å². The van der Waals surface area contributed by atoms with Crippen LogP contribution in [0.5, 0.6) is 0 Å². The van der Waals surface area contributed by atoms with Gasteiger partial charge in [-0.25, -0.2) is 12.8 Å². The fourth-order valence-electron chi connectivity index (χ4n) is 3.26. The molecule has 0 bridgehead atoms. The van der Waals surface area contributed by atoms with Crippen molar-refractivity contribution in [2.24, 2.45) is 0 Å². The molecule has 2 rings (SSSR count). The third kappa shape index (κ3) is 7.70. The van der Waals surface area contributed by atoms with Crippen LogP contribution in [0.15, 0.2) is 42.5 Å². The number of nitrogens with one attached hydrogen (secondary N) is 1. The van der Waals surface area contributed by atoms with Crippen LogP contribution < -0.4 is 9.62 Å². The van der Waals surface area contributed by atoms with Gasteiger partial charge in [0.05, 0.1) is 11.9 Å². The van der Waals surface area contributed by atoms with Crippen LogP contribution in [-0.2, 0) is 26.2 Å². The summed E-state index contributed by atoms with van der Waals surface area (Å²) >= 11 is 6.18. The molecule has 2 amide bonds. The molecule has 10 heteroatoms. The van der Waals surface area contributed by atoms with Gasteiger partial charge in [-0.15, -0.1) is 0 Å². The fourth-order valence-corrected chi connectivity index (χ4v) is 4.27. The topological polar surface area (TPSA) is 86.8 Å². The number of amides is 2. The molecule has 0 heterocycles. The van der Waals surface area contributed by atoms with Crippen LogP contribution in [0.1, 0.15) is 37.8 Å². The monoisotopic (exact) mass is 511 g/mol. The molecule has 0 spiro atoms. The third-order valence-corrected chi connectivity index (χ3v) is 6.93. The molecule has 1 N–H and O–H groups in total. The van der Waals surface area contributed by atoms with Crippen molar-refractivity contribution in [2.45, 2.75) is 46.2 Å². The Bertz CT molecular complexity index is 1110. The van der Waals surface area contributed by atoms with Crippen LogP contribution in [-0.4, -0.2) is 50.5 Å². The summed E-state index contributed by atoms with van der Waals surface area (Å²) in [4.78, 5) is 27.4. The average Bonchev–Trinajstić information content (AvgIpc) is 2.77. The lowest BCUT2D eigenvalue weighted by Crippen LogP contribution is -2.51. The average molecular weight is 512 g/mol. The van der Waals surface area contributed by atoms with Gasteiger partial charge in [-0.2, -0.15) is 0 Å². The van der Waals surface area contributed by atoms with Crippen LogP contribution in [0, 0.1) is 12.7 Å². The van der Waals surface area contributed by atoms with E-state index in [0.29, 0.717) is 17.1 Å². The summed E-state index contributed by atoms with van der Waals surface area (Å²) in [5.74, 6) is -1.36. The molecular weight excluding hydrogens is 481 g/mol. The molecular formula is C24H31ClFN3O4S. The number of halogens is 2. The highest BCUT2D eigenvalue weighted by molar-refractivity contribution is 7.92. The normalized spacial score (nSPS) is 12.2. The lowest BCUT2D eigenvalue weighted by atomic mass is 10.1. The standard InChI is InChI=1S/C24H31ClFN3O4S/c1-5-6-13-27-24(31)18(3)28(15-19-8-10-20(26)11-9-19)23(30)16-29(34(4,32)33)21-12-7-17(2)22(25)14-21/h7-12,14,18H,5-6,13,15-16H2,1-4H3,(H,27,31). The Labute approximate surface area is 205 Å². The molecule has 0 aliphatic carbocycles. The smallest absolute Gasteiger partial charge is 0.244 e.